The van der Waals surface area contributed by atoms with E-state index in [9.17, 15) is 9.59 Å². The van der Waals surface area contributed by atoms with Crippen LogP contribution in [0.2, 0.25) is 0 Å². The third-order valence-corrected chi connectivity index (χ3v) is 5.24. The van der Waals surface area contributed by atoms with Gasteiger partial charge in [-0.15, -0.1) is 0 Å². The van der Waals surface area contributed by atoms with Crippen molar-refractivity contribution in [2.45, 2.75) is 52.6 Å². The number of nitrogens with one attached hydrogen (secondary N) is 1. The molecule has 34 heavy (non-hydrogen) atoms. The summed E-state index contributed by atoms with van der Waals surface area (Å²) in [5.41, 5.74) is 6.20. The summed E-state index contributed by atoms with van der Waals surface area (Å²) >= 11 is 6.22. The van der Waals surface area contributed by atoms with Gasteiger partial charge in [0.15, 0.2) is 5.60 Å². The molecule has 3 N–H and O–H groups in total. The lowest BCUT2D eigenvalue weighted by Crippen LogP contribution is -2.40. The SMILES string of the molecule is CC/C=C\C(Cl)=C(\C)NCCc1ccc(OC(C)(C)C(=O)OCOC(=O)N(C)CCCN)cc1. The van der Waals surface area contributed by atoms with Crippen LogP contribution in [0.1, 0.15) is 46.1 Å². The number of esters is 1. The molecule has 0 bridgehead atoms. The molecule has 0 saturated carbocycles. The normalized spacial score (nSPS) is 12.2. The van der Waals surface area contributed by atoms with E-state index in [1.54, 1.807) is 33.0 Å². The van der Waals surface area contributed by atoms with Crippen LogP contribution >= 0.6 is 11.6 Å². The lowest BCUT2D eigenvalue weighted by molar-refractivity contribution is -0.168. The predicted octanol–water partition coefficient (Wildman–Crippen LogP) is 4.33. The van der Waals surface area contributed by atoms with Crippen LogP contribution in [-0.2, 0) is 20.7 Å². The van der Waals surface area contributed by atoms with Gasteiger partial charge in [-0.1, -0.05) is 36.7 Å². The van der Waals surface area contributed by atoms with E-state index in [2.05, 4.69) is 12.2 Å². The molecular formula is C25H38ClN3O5. The maximum atomic E-state index is 12.4. The maximum Gasteiger partial charge on any atom is 0.412 e. The van der Waals surface area contributed by atoms with Crippen molar-refractivity contribution in [2.75, 3.05) is 33.5 Å². The van der Waals surface area contributed by atoms with Crippen LogP contribution in [0.5, 0.6) is 5.75 Å². The topological polar surface area (TPSA) is 103 Å². The second kappa shape index (κ2) is 15.2. The third-order valence-electron chi connectivity index (χ3n) is 4.83. The molecule has 0 unspecified atom stereocenters. The number of halogens is 1. The van der Waals surface area contributed by atoms with Gasteiger partial charge >= 0.3 is 12.1 Å². The van der Waals surface area contributed by atoms with E-state index in [1.807, 2.05) is 31.2 Å². The first-order chi connectivity index (χ1) is 16.1. The zero-order valence-corrected chi connectivity index (χ0v) is 21.6. The number of rotatable bonds is 14. The fourth-order valence-electron chi connectivity index (χ4n) is 2.72. The Balaban J connectivity index is 2.49. The van der Waals surface area contributed by atoms with E-state index in [0.29, 0.717) is 30.3 Å². The number of nitrogens with two attached hydrogens (primary N) is 1. The van der Waals surface area contributed by atoms with E-state index >= 15 is 0 Å². The summed E-state index contributed by atoms with van der Waals surface area (Å²) in [5, 5.41) is 4.01. The predicted molar refractivity (Wildman–Crippen MR) is 135 cm³/mol. The molecule has 0 atom stereocenters. The summed E-state index contributed by atoms with van der Waals surface area (Å²) in [6, 6.07) is 7.48. The molecule has 190 valence electrons. The monoisotopic (exact) mass is 495 g/mol. The smallest absolute Gasteiger partial charge is 0.412 e. The Kier molecular flexibility index (Phi) is 13.1. The minimum atomic E-state index is -1.26. The molecule has 1 amide bonds. The highest BCUT2D eigenvalue weighted by atomic mass is 35.5. The lowest BCUT2D eigenvalue weighted by atomic mass is 10.1. The van der Waals surface area contributed by atoms with Gasteiger partial charge in [0.2, 0.25) is 6.79 Å². The van der Waals surface area contributed by atoms with Gasteiger partial charge in [0.05, 0.1) is 5.03 Å². The third kappa shape index (κ3) is 10.9. The minimum Gasteiger partial charge on any atom is -0.476 e. The summed E-state index contributed by atoms with van der Waals surface area (Å²) in [5.74, 6) is -0.115. The molecule has 9 heteroatoms. The van der Waals surface area contributed by atoms with E-state index in [1.165, 1.54) is 4.90 Å². The van der Waals surface area contributed by atoms with Crippen molar-refractivity contribution in [1.29, 1.82) is 0 Å². The van der Waals surface area contributed by atoms with Crippen molar-refractivity contribution < 1.29 is 23.8 Å². The van der Waals surface area contributed by atoms with Gasteiger partial charge in [-0.3, -0.25) is 0 Å². The van der Waals surface area contributed by atoms with E-state index in [4.69, 9.17) is 31.5 Å². The zero-order chi connectivity index (χ0) is 25.6. The number of nitrogens with zero attached hydrogens (tertiary/aromatic N) is 1. The number of carbonyl (C=O) groups excluding carboxylic acids is 2. The van der Waals surface area contributed by atoms with Gasteiger partial charge in [-0.25, -0.2) is 9.59 Å². The van der Waals surface area contributed by atoms with Gasteiger partial charge < -0.3 is 30.2 Å². The van der Waals surface area contributed by atoms with E-state index < -0.39 is 24.5 Å². The Hall–Kier alpha value is -2.71. The minimum absolute atomic E-state index is 0.463. The highest BCUT2D eigenvalue weighted by Crippen LogP contribution is 2.20. The van der Waals surface area contributed by atoms with Crippen molar-refractivity contribution in [3.8, 4) is 5.75 Å². The molecular weight excluding hydrogens is 458 g/mol. The Morgan fingerprint density at radius 2 is 1.88 bits per heavy atom. The van der Waals surface area contributed by atoms with Gasteiger partial charge in [0, 0.05) is 25.8 Å². The lowest BCUT2D eigenvalue weighted by Gasteiger charge is -2.24. The van der Waals surface area contributed by atoms with Crippen LogP contribution in [-0.4, -0.2) is 56.0 Å². The van der Waals surface area contributed by atoms with Gasteiger partial charge in [0.25, 0.3) is 0 Å². The van der Waals surface area contributed by atoms with Crippen LogP contribution in [0, 0.1) is 0 Å². The number of amides is 1. The van der Waals surface area contributed by atoms with Crippen LogP contribution < -0.4 is 15.8 Å². The first kappa shape index (κ1) is 29.3. The molecule has 0 aliphatic carbocycles. The number of benzene rings is 1. The number of ether oxygens (including phenoxy) is 3. The summed E-state index contributed by atoms with van der Waals surface area (Å²) in [6.45, 7) is 8.37. The van der Waals surface area contributed by atoms with Crippen LogP contribution in [0.4, 0.5) is 4.79 Å². The van der Waals surface area contributed by atoms with Gasteiger partial charge in [0.1, 0.15) is 5.75 Å². The largest absolute Gasteiger partial charge is 0.476 e. The molecule has 0 fully saturated rings. The Morgan fingerprint density at radius 1 is 1.21 bits per heavy atom. The van der Waals surface area contributed by atoms with Crippen molar-refractivity contribution >= 4 is 23.7 Å². The number of allylic oxidation sites excluding steroid dienone is 4. The molecule has 1 aromatic rings. The van der Waals surface area contributed by atoms with E-state index in [-0.39, 0.29) is 0 Å². The van der Waals surface area contributed by atoms with Crippen LogP contribution in [0.3, 0.4) is 0 Å². The highest BCUT2D eigenvalue weighted by molar-refractivity contribution is 6.31. The van der Waals surface area contributed by atoms with Crippen molar-refractivity contribution in [3.63, 3.8) is 0 Å². The molecule has 8 nitrogen and oxygen atoms in total. The average Bonchev–Trinajstić information content (AvgIpc) is 2.81. The fraction of sp³-hybridized carbons (Fsp3) is 0.520. The Morgan fingerprint density at radius 3 is 2.50 bits per heavy atom. The second-order valence-electron chi connectivity index (χ2n) is 8.24. The molecule has 0 aromatic heterocycles. The quantitative estimate of drug-likeness (QED) is 0.225. The van der Waals surface area contributed by atoms with Crippen molar-refractivity contribution in [1.82, 2.24) is 10.2 Å². The second-order valence-corrected chi connectivity index (χ2v) is 8.65. The van der Waals surface area contributed by atoms with Crippen molar-refractivity contribution in [2.24, 2.45) is 5.73 Å². The standard InChI is InChI=1S/C25H38ClN3O5/c1-6-7-9-22(26)19(2)28-16-14-20-10-12-21(13-11-20)34-25(3,4)23(30)32-18-33-24(31)29(5)17-8-15-27/h7,9-13,28H,6,8,14-18,27H2,1-5H3/b9-7-,22-19+. The number of hydrogen-bond acceptors (Lipinski definition) is 7. The molecule has 0 aliphatic heterocycles. The fourth-order valence-corrected chi connectivity index (χ4v) is 2.88. The molecule has 0 heterocycles. The molecule has 0 radical (unpaired) electrons. The number of hydrogen-bond donors (Lipinski definition) is 2. The summed E-state index contributed by atoms with van der Waals surface area (Å²) in [6.07, 6.45) is 5.72. The zero-order valence-electron chi connectivity index (χ0n) is 20.9. The maximum absolute atomic E-state index is 12.4. The Bertz CT molecular complexity index is 837. The van der Waals surface area contributed by atoms with Crippen LogP contribution in [0.15, 0.2) is 47.1 Å². The summed E-state index contributed by atoms with van der Waals surface area (Å²) in [4.78, 5) is 25.6. The molecule has 0 aliphatic rings. The van der Waals surface area contributed by atoms with Gasteiger partial charge in [-0.2, -0.15) is 0 Å². The van der Waals surface area contributed by atoms with Crippen LogP contribution in [0.25, 0.3) is 0 Å². The highest BCUT2D eigenvalue weighted by Gasteiger charge is 2.32. The average molecular weight is 496 g/mol. The molecule has 0 spiro atoms. The molecule has 0 saturated heterocycles. The first-order valence-corrected chi connectivity index (χ1v) is 11.8. The van der Waals surface area contributed by atoms with Crippen molar-refractivity contribution in [3.05, 3.63) is 52.7 Å². The number of carbonyl (C=O) groups is 2. The summed E-state index contributed by atoms with van der Waals surface area (Å²) < 4.78 is 15.8. The van der Waals surface area contributed by atoms with E-state index in [0.717, 1.165) is 30.6 Å². The first-order valence-electron chi connectivity index (χ1n) is 11.4. The molecule has 1 aromatic carbocycles. The summed E-state index contributed by atoms with van der Waals surface area (Å²) in [7, 11) is 1.59. The van der Waals surface area contributed by atoms with Gasteiger partial charge in [-0.05, 0) is 70.4 Å². The molecule has 1 rings (SSSR count). The Labute approximate surface area is 208 Å².